The van der Waals surface area contributed by atoms with Crippen molar-refractivity contribution in [3.63, 3.8) is 0 Å². The van der Waals surface area contributed by atoms with E-state index in [0.717, 1.165) is 5.56 Å². The van der Waals surface area contributed by atoms with Gasteiger partial charge >= 0.3 is 0 Å². The van der Waals surface area contributed by atoms with E-state index in [-0.39, 0.29) is 0 Å². The van der Waals surface area contributed by atoms with Crippen molar-refractivity contribution < 1.29 is 12.6 Å². The first-order valence-electron chi connectivity index (χ1n) is 6.10. The van der Waals surface area contributed by atoms with Crippen LogP contribution in [0.5, 0.6) is 0 Å². The summed E-state index contributed by atoms with van der Waals surface area (Å²) >= 11 is 0. The minimum absolute atomic E-state index is 0.317. The lowest BCUT2D eigenvalue weighted by atomic mass is 10.1. The van der Waals surface area contributed by atoms with Crippen LogP contribution in [0.3, 0.4) is 0 Å². The van der Waals surface area contributed by atoms with Crippen molar-refractivity contribution in [3.05, 3.63) is 29.3 Å². The lowest BCUT2D eigenvalue weighted by molar-refractivity contribution is 0.438. The molecule has 19 heavy (non-hydrogen) atoms. The van der Waals surface area contributed by atoms with E-state index in [2.05, 4.69) is 0 Å². The standard InChI is InChI=1S/C12H18N2O3S2/c1-10-8-11(9-13)2-3-12(10)19(16,17)14-4-6-18(15)7-5-14/h2-3,8H,4-7,9,13H2,1H3. The maximum absolute atomic E-state index is 12.5. The Balaban J connectivity index is 2.31. The van der Waals surface area contributed by atoms with E-state index >= 15 is 0 Å². The molecule has 1 fully saturated rings. The van der Waals surface area contributed by atoms with Gasteiger partial charge in [-0.05, 0) is 24.1 Å². The Kier molecular flexibility index (Phi) is 4.39. The van der Waals surface area contributed by atoms with Crippen molar-refractivity contribution in [2.45, 2.75) is 18.4 Å². The fourth-order valence-electron chi connectivity index (χ4n) is 2.13. The molecular formula is C12H18N2O3S2. The molecule has 106 valence electrons. The molecule has 7 heteroatoms. The van der Waals surface area contributed by atoms with Crippen LogP contribution in [0.2, 0.25) is 0 Å². The molecule has 0 radical (unpaired) electrons. The molecule has 1 aliphatic rings. The molecule has 2 rings (SSSR count). The van der Waals surface area contributed by atoms with Crippen LogP contribution in [-0.4, -0.2) is 41.5 Å². The molecule has 1 heterocycles. The van der Waals surface area contributed by atoms with Crippen molar-refractivity contribution in [1.29, 1.82) is 0 Å². The first-order chi connectivity index (χ1) is 8.95. The number of rotatable bonds is 3. The highest BCUT2D eigenvalue weighted by Gasteiger charge is 2.29. The van der Waals surface area contributed by atoms with Gasteiger partial charge in [-0.1, -0.05) is 12.1 Å². The van der Waals surface area contributed by atoms with Crippen LogP contribution in [0.25, 0.3) is 0 Å². The van der Waals surface area contributed by atoms with Crippen LogP contribution >= 0.6 is 0 Å². The van der Waals surface area contributed by atoms with Crippen LogP contribution in [-0.2, 0) is 27.4 Å². The molecule has 0 unspecified atom stereocenters. The summed E-state index contributed by atoms with van der Waals surface area (Å²) in [5, 5.41) is 0. The highest BCUT2D eigenvalue weighted by molar-refractivity contribution is 7.89. The Morgan fingerprint density at radius 3 is 2.47 bits per heavy atom. The molecule has 0 bridgehead atoms. The van der Waals surface area contributed by atoms with Gasteiger partial charge in [0, 0.05) is 41.9 Å². The number of benzene rings is 1. The van der Waals surface area contributed by atoms with Gasteiger partial charge in [0.05, 0.1) is 4.90 Å². The summed E-state index contributed by atoms with van der Waals surface area (Å²) in [4.78, 5) is 0.317. The van der Waals surface area contributed by atoms with Gasteiger partial charge in [0.15, 0.2) is 0 Å². The third kappa shape index (κ3) is 3.05. The van der Waals surface area contributed by atoms with Crippen LogP contribution in [0.4, 0.5) is 0 Å². The number of aryl methyl sites for hydroxylation is 1. The van der Waals surface area contributed by atoms with Crippen LogP contribution in [0.15, 0.2) is 23.1 Å². The molecule has 2 N–H and O–H groups in total. The minimum Gasteiger partial charge on any atom is -0.326 e. The molecule has 0 saturated carbocycles. The summed E-state index contributed by atoms with van der Waals surface area (Å²) in [6.07, 6.45) is 0. The zero-order valence-electron chi connectivity index (χ0n) is 10.8. The summed E-state index contributed by atoms with van der Waals surface area (Å²) in [6, 6.07) is 5.15. The second-order valence-corrected chi connectivity index (χ2v) is 8.16. The zero-order valence-corrected chi connectivity index (χ0v) is 12.5. The van der Waals surface area contributed by atoms with E-state index < -0.39 is 20.8 Å². The van der Waals surface area contributed by atoms with Crippen LogP contribution in [0.1, 0.15) is 11.1 Å². The van der Waals surface area contributed by atoms with Gasteiger partial charge in [-0.25, -0.2) is 8.42 Å². The Morgan fingerprint density at radius 2 is 1.95 bits per heavy atom. The molecular weight excluding hydrogens is 284 g/mol. The smallest absolute Gasteiger partial charge is 0.243 e. The first kappa shape index (κ1) is 14.6. The third-order valence-corrected chi connectivity index (χ3v) is 6.56. The summed E-state index contributed by atoms with van der Waals surface area (Å²) in [5.74, 6) is 0.832. The lowest BCUT2D eigenvalue weighted by Crippen LogP contribution is -2.41. The van der Waals surface area contributed by atoms with Crippen molar-refractivity contribution in [2.75, 3.05) is 24.6 Å². The van der Waals surface area contributed by atoms with Crippen LogP contribution in [0, 0.1) is 6.92 Å². The van der Waals surface area contributed by atoms with E-state index in [1.807, 2.05) is 0 Å². The molecule has 1 aromatic carbocycles. The summed E-state index contributed by atoms with van der Waals surface area (Å²) in [5.41, 5.74) is 7.16. The number of nitrogens with zero attached hydrogens (tertiary/aromatic N) is 1. The summed E-state index contributed by atoms with van der Waals surface area (Å²) in [7, 11) is -4.37. The van der Waals surface area contributed by atoms with E-state index in [1.165, 1.54) is 4.31 Å². The SMILES string of the molecule is Cc1cc(CN)ccc1S(=O)(=O)N1CCS(=O)CC1. The molecule has 1 aliphatic heterocycles. The predicted octanol–water partition coefficient (Wildman–Crippen LogP) is 0.207. The van der Waals surface area contributed by atoms with Crippen molar-refractivity contribution in [2.24, 2.45) is 5.73 Å². The largest absolute Gasteiger partial charge is 0.326 e. The van der Waals surface area contributed by atoms with Gasteiger partial charge in [-0.3, -0.25) is 4.21 Å². The Hall–Kier alpha value is -0.760. The number of nitrogens with two attached hydrogens (primary N) is 1. The average Bonchev–Trinajstić information content (AvgIpc) is 2.38. The van der Waals surface area contributed by atoms with Gasteiger partial charge in [0.2, 0.25) is 10.0 Å². The normalized spacial score (nSPS) is 18.6. The number of hydrogen-bond donors (Lipinski definition) is 1. The quantitative estimate of drug-likeness (QED) is 0.865. The zero-order chi connectivity index (χ0) is 14.0. The van der Waals surface area contributed by atoms with E-state index in [4.69, 9.17) is 5.73 Å². The van der Waals surface area contributed by atoms with Gasteiger partial charge in [-0.2, -0.15) is 4.31 Å². The summed E-state index contributed by atoms with van der Waals surface area (Å²) < 4.78 is 37.7. The minimum atomic E-state index is -3.48. The van der Waals surface area contributed by atoms with E-state index in [9.17, 15) is 12.6 Å². The van der Waals surface area contributed by atoms with Gasteiger partial charge in [0.25, 0.3) is 0 Å². The fourth-order valence-corrected chi connectivity index (χ4v) is 5.06. The molecule has 0 aliphatic carbocycles. The highest BCUT2D eigenvalue weighted by atomic mass is 32.2. The molecule has 1 saturated heterocycles. The fraction of sp³-hybridized carbons (Fsp3) is 0.500. The highest BCUT2D eigenvalue weighted by Crippen LogP contribution is 2.22. The Morgan fingerprint density at radius 1 is 1.32 bits per heavy atom. The third-order valence-electron chi connectivity index (χ3n) is 3.23. The maximum atomic E-state index is 12.5. The topological polar surface area (TPSA) is 80.5 Å². The van der Waals surface area contributed by atoms with Gasteiger partial charge < -0.3 is 5.73 Å². The second-order valence-electron chi connectivity index (χ2n) is 4.56. The van der Waals surface area contributed by atoms with Crippen molar-refractivity contribution >= 4 is 20.8 Å². The number of hydrogen-bond acceptors (Lipinski definition) is 4. The molecule has 1 aromatic rings. The maximum Gasteiger partial charge on any atom is 0.243 e. The molecule has 0 atom stereocenters. The Labute approximate surface area is 116 Å². The van der Waals surface area contributed by atoms with Crippen molar-refractivity contribution in [1.82, 2.24) is 4.31 Å². The predicted molar refractivity (Wildman–Crippen MR) is 75.7 cm³/mol. The van der Waals surface area contributed by atoms with Crippen molar-refractivity contribution in [3.8, 4) is 0 Å². The second kappa shape index (κ2) is 5.70. The molecule has 0 amide bonds. The molecule has 5 nitrogen and oxygen atoms in total. The number of sulfonamides is 1. The first-order valence-corrected chi connectivity index (χ1v) is 9.02. The van der Waals surface area contributed by atoms with E-state index in [1.54, 1.807) is 25.1 Å². The van der Waals surface area contributed by atoms with E-state index in [0.29, 0.717) is 41.6 Å². The van der Waals surface area contributed by atoms with Crippen LogP contribution < -0.4 is 5.73 Å². The average molecular weight is 302 g/mol. The molecule has 0 aromatic heterocycles. The monoisotopic (exact) mass is 302 g/mol. The Bertz CT molecular complexity index is 589. The summed E-state index contributed by atoms with van der Waals surface area (Å²) in [6.45, 7) is 2.82. The van der Waals surface area contributed by atoms with Gasteiger partial charge in [-0.15, -0.1) is 0 Å². The lowest BCUT2D eigenvalue weighted by Gasteiger charge is -2.26. The molecule has 0 spiro atoms. The van der Waals surface area contributed by atoms with Gasteiger partial charge in [0.1, 0.15) is 0 Å².